The number of aliphatic carboxylic acids is 1. The van der Waals surface area contributed by atoms with Crippen molar-refractivity contribution in [1.29, 1.82) is 0 Å². The Morgan fingerprint density at radius 2 is 2.20 bits per heavy atom. The molecule has 1 heterocycles. The molecule has 0 saturated carbocycles. The Morgan fingerprint density at radius 3 is 2.73 bits per heavy atom. The number of hydrogen-bond donors (Lipinski definition) is 2. The summed E-state index contributed by atoms with van der Waals surface area (Å²) in [6.07, 6.45) is 0. The van der Waals surface area contributed by atoms with E-state index in [9.17, 15) is 9.59 Å². The predicted octanol–water partition coefficient (Wildman–Crippen LogP) is -1.23. The van der Waals surface area contributed by atoms with Crippen LogP contribution in [-0.2, 0) is 14.3 Å². The minimum absolute atomic E-state index is 0.0522. The minimum atomic E-state index is -0.827. The van der Waals surface area contributed by atoms with E-state index in [0.29, 0.717) is 26.2 Å². The molecule has 0 aromatic carbocycles. The second-order valence-electron chi connectivity index (χ2n) is 3.50. The predicted molar refractivity (Wildman–Crippen MR) is 52.5 cm³/mol. The van der Waals surface area contributed by atoms with E-state index in [4.69, 9.17) is 9.84 Å². The van der Waals surface area contributed by atoms with Gasteiger partial charge in [0, 0.05) is 26.7 Å². The highest BCUT2D eigenvalue weighted by Gasteiger charge is 2.34. The molecule has 0 bridgehead atoms. The van der Waals surface area contributed by atoms with Crippen molar-refractivity contribution >= 4 is 11.9 Å². The van der Waals surface area contributed by atoms with Crippen LogP contribution in [0.3, 0.4) is 0 Å². The van der Waals surface area contributed by atoms with Crippen LogP contribution < -0.4 is 5.32 Å². The molecule has 15 heavy (non-hydrogen) atoms. The molecule has 0 aromatic rings. The lowest BCUT2D eigenvalue weighted by Gasteiger charge is -2.36. The average molecular weight is 216 g/mol. The van der Waals surface area contributed by atoms with Gasteiger partial charge in [-0.1, -0.05) is 0 Å². The van der Waals surface area contributed by atoms with Gasteiger partial charge in [0.25, 0.3) is 0 Å². The van der Waals surface area contributed by atoms with Gasteiger partial charge in [0.1, 0.15) is 0 Å². The number of methoxy groups -OCH3 is 1. The summed E-state index contributed by atoms with van der Waals surface area (Å²) in [6, 6.07) is 0. The zero-order valence-electron chi connectivity index (χ0n) is 8.73. The first-order chi connectivity index (χ1) is 7.15. The highest BCUT2D eigenvalue weighted by molar-refractivity contribution is 5.82. The number of nitrogens with one attached hydrogen (secondary N) is 1. The molecular formula is C9H16N2O4. The van der Waals surface area contributed by atoms with Crippen LogP contribution in [0.2, 0.25) is 0 Å². The SMILES string of the molecule is COCCNCC(=O)N1CC(C(=O)O)C1. The summed E-state index contributed by atoms with van der Waals surface area (Å²) in [7, 11) is 1.59. The number of carboxylic acids is 1. The lowest BCUT2D eigenvalue weighted by molar-refractivity contribution is -0.152. The second kappa shape index (κ2) is 5.67. The molecule has 2 N–H and O–H groups in total. The van der Waals surface area contributed by atoms with Crippen LogP contribution in [-0.4, -0.2) is 61.8 Å². The van der Waals surface area contributed by atoms with Gasteiger partial charge in [-0.3, -0.25) is 9.59 Å². The number of hydrogen-bond acceptors (Lipinski definition) is 4. The molecule has 0 spiro atoms. The van der Waals surface area contributed by atoms with Crippen LogP contribution in [0.4, 0.5) is 0 Å². The molecule has 0 radical (unpaired) electrons. The van der Waals surface area contributed by atoms with Crippen molar-refractivity contribution in [3.8, 4) is 0 Å². The molecule has 6 nitrogen and oxygen atoms in total. The molecule has 1 aliphatic rings. The third-order valence-corrected chi connectivity index (χ3v) is 2.34. The zero-order valence-corrected chi connectivity index (χ0v) is 8.73. The first kappa shape index (κ1) is 11.9. The van der Waals surface area contributed by atoms with Gasteiger partial charge >= 0.3 is 5.97 Å². The monoisotopic (exact) mass is 216 g/mol. The fraction of sp³-hybridized carbons (Fsp3) is 0.778. The summed E-state index contributed by atoms with van der Waals surface area (Å²) in [5, 5.41) is 11.5. The van der Waals surface area contributed by atoms with Crippen LogP contribution in [0.5, 0.6) is 0 Å². The van der Waals surface area contributed by atoms with Crippen LogP contribution in [0, 0.1) is 5.92 Å². The Hall–Kier alpha value is -1.14. The van der Waals surface area contributed by atoms with Gasteiger partial charge < -0.3 is 20.1 Å². The third-order valence-electron chi connectivity index (χ3n) is 2.34. The Morgan fingerprint density at radius 1 is 1.53 bits per heavy atom. The Bertz CT molecular complexity index is 238. The molecule has 1 aliphatic heterocycles. The number of amides is 1. The molecule has 1 fully saturated rings. The van der Waals surface area contributed by atoms with E-state index in [2.05, 4.69) is 5.32 Å². The normalized spacial score (nSPS) is 16.2. The van der Waals surface area contributed by atoms with E-state index < -0.39 is 5.97 Å². The Labute approximate surface area is 88.2 Å². The van der Waals surface area contributed by atoms with Gasteiger partial charge in [0.05, 0.1) is 19.1 Å². The van der Waals surface area contributed by atoms with Gasteiger partial charge in [0.2, 0.25) is 5.91 Å². The van der Waals surface area contributed by atoms with Crippen molar-refractivity contribution in [3.63, 3.8) is 0 Å². The van der Waals surface area contributed by atoms with Gasteiger partial charge in [-0.05, 0) is 0 Å². The lowest BCUT2D eigenvalue weighted by atomic mass is 10.0. The van der Waals surface area contributed by atoms with Gasteiger partial charge in [-0.25, -0.2) is 0 Å². The Kier molecular flexibility index (Phi) is 4.51. The quantitative estimate of drug-likeness (QED) is 0.543. The molecule has 0 unspecified atom stereocenters. The number of carbonyl (C=O) groups is 2. The first-order valence-electron chi connectivity index (χ1n) is 4.85. The first-order valence-corrected chi connectivity index (χ1v) is 4.85. The molecular weight excluding hydrogens is 200 g/mol. The number of ether oxygens (including phenoxy) is 1. The van der Waals surface area contributed by atoms with Crippen molar-refractivity contribution in [3.05, 3.63) is 0 Å². The fourth-order valence-electron chi connectivity index (χ4n) is 1.32. The van der Waals surface area contributed by atoms with E-state index in [1.807, 2.05) is 0 Å². The van der Waals surface area contributed by atoms with Crippen LogP contribution in [0.1, 0.15) is 0 Å². The smallest absolute Gasteiger partial charge is 0.310 e. The van der Waals surface area contributed by atoms with Crippen LogP contribution in [0.25, 0.3) is 0 Å². The molecule has 0 aliphatic carbocycles. The molecule has 0 atom stereocenters. The summed E-state index contributed by atoms with van der Waals surface area (Å²) in [5.41, 5.74) is 0. The van der Waals surface area contributed by atoms with Gasteiger partial charge in [-0.15, -0.1) is 0 Å². The van der Waals surface area contributed by atoms with E-state index >= 15 is 0 Å². The topological polar surface area (TPSA) is 78.9 Å². The molecule has 1 amide bonds. The number of carboxylic acid groups (broad SMARTS) is 1. The zero-order chi connectivity index (χ0) is 11.3. The van der Waals surface area contributed by atoms with Crippen molar-refractivity contribution in [2.24, 2.45) is 5.92 Å². The summed E-state index contributed by atoms with van der Waals surface area (Å²) >= 11 is 0. The van der Waals surface area contributed by atoms with Gasteiger partial charge in [-0.2, -0.15) is 0 Å². The average Bonchev–Trinajstić information content (AvgIpc) is 2.09. The standard InChI is InChI=1S/C9H16N2O4/c1-15-3-2-10-4-8(12)11-5-7(6-11)9(13)14/h7,10H,2-6H2,1H3,(H,13,14). The van der Waals surface area contributed by atoms with E-state index in [1.165, 1.54) is 0 Å². The highest BCUT2D eigenvalue weighted by Crippen LogP contribution is 2.14. The number of carbonyl (C=O) groups excluding carboxylic acids is 1. The summed E-state index contributed by atoms with van der Waals surface area (Å²) in [5.74, 6) is -1.26. The molecule has 1 saturated heterocycles. The second-order valence-corrected chi connectivity index (χ2v) is 3.50. The highest BCUT2D eigenvalue weighted by atomic mass is 16.5. The van der Waals surface area contributed by atoms with Crippen molar-refractivity contribution < 1.29 is 19.4 Å². The molecule has 6 heteroatoms. The maximum atomic E-state index is 11.4. The number of rotatable bonds is 6. The van der Waals surface area contributed by atoms with E-state index in [0.717, 1.165) is 0 Å². The summed E-state index contributed by atoms with van der Waals surface area (Å²) in [4.78, 5) is 23.4. The maximum Gasteiger partial charge on any atom is 0.310 e. The van der Waals surface area contributed by atoms with E-state index in [-0.39, 0.29) is 18.4 Å². The largest absolute Gasteiger partial charge is 0.481 e. The maximum absolute atomic E-state index is 11.4. The Balaban J connectivity index is 2.07. The van der Waals surface area contributed by atoms with Crippen molar-refractivity contribution in [1.82, 2.24) is 10.2 Å². The summed E-state index contributed by atoms with van der Waals surface area (Å²) in [6.45, 7) is 2.10. The van der Waals surface area contributed by atoms with E-state index in [1.54, 1.807) is 12.0 Å². The lowest BCUT2D eigenvalue weighted by Crippen LogP contribution is -2.55. The summed E-state index contributed by atoms with van der Waals surface area (Å²) < 4.78 is 4.81. The van der Waals surface area contributed by atoms with Crippen molar-refractivity contribution in [2.75, 3.05) is 39.9 Å². The van der Waals surface area contributed by atoms with Crippen LogP contribution >= 0.6 is 0 Å². The number of nitrogens with zero attached hydrogens (tertiary/aromatic N) is 1. The van der Waals surface area contributed by atoms with Crippen molar-refractivity contribution in [2.45, 2.75) is 0 Å². The number of likely N-dealkylation sites (tertiary alicyclic amines) is 1. The minimum Gasteiger partial charge on any atom is -0.481 e. The molecule has 86 valence electrons. The third kappa shape index (κ3) is 3.49. The van der Waals surface area contributed by atoms with Gasteiger partial charge in [0.15, 0.2) is 0 Å². The van der Waals surface area contributed by atoms with Crippen LogP contribution in [0.15, 0.2) is 0 Å². The molecule has 1 rings (SSSR count). The molecule has 0 aromatic heterocycles. The fourth-order valence-corrected chi connectivity index (χ4v) is 1.32.